The SMILES string of the molecule is CCN1CCOCC2(CCCN(Cc3cccnc3)C2)C1.O=C(O)C(F)(F)F.O=C(O)C(F)(F)F. The first-order chi connectivity index (χ1) is 16.2. The van der Waals surface area contributed by atoms with Gasteiger partial charge in [0.1, 0.15) is 0 Å². The highest BCUT2D eigenvalue weighted by Crippen LogP contribution is 2.33. The third kappa shape index (κ3) is 11.7. The number of rotatable bonds is 3. The summed E-state index contributed by atoms with van der Waals surface area (Å²) in [4.78, 5) is 27.2. The Balaban J connectivity index is 0.000000362. The van der Waals surface area contributed by atoms with Crippen LogP contribution in [-0.2, 0) is 20.9 Å². The number of alkyl halides is 6. The minimum atomic E-state index is -5.08. The molecule has 1 aromatic heterocycles. The Morgan fingerprint density at radius 2 is 1.63 bits per heavy atom. The molecule has 0 aromatic carbocycles. The van der Waals surface area contributed by atoms with E-state index in [0.29, 0.717) is 5.41 Å². The number of aliphatic carboxylic acids is 2. The maximum absolute atomic E-state index is 10.6. The summed E-state index contributed by atoms with van der Waals surface area (Å²) in [5, 5.41) is 14.2. The molecule has 200 valence electrons. The topological polar surface area (TPSA) is 103 Å². The zero-order chi connectivity index (χ0) is 26.7. The van der Waals surface area contributed by atoms with Crippen LogP contribution in [0.4, 0.5) is 26.3 Å². The summed E-state index contributed by atoms with van der Waals surface area (Å²) < 4.78 is 69.4. The van der Waals surface area contributed by atoms with Gasteiger partial charge >= 0.3 is 24.3 Å². The highest BCUT2D eigenvalue weighted by Gasteiger charge is 2.39. The van der Waals surface area contributed by atoms with Gasteiger partial charge in [0, 0.05) is 44.0 Å². The van der Waals surface area contributed by atoms with Crippen molar-refractivity contribution in [3.63, 3.8) is 0 Å². The van der Waals surface area contributed by atoms with E-state index in [2.05, 4.69) is 27.8 Å². The second-order valence-electron chi connectivity index (χ2n) is 8.20. The van der Waals surface area contributed by atoms with Crippen LogP contribution >= 0.6 is 0 Å². The number of carboxylic acids is 2. The molecule has 0 saturated carbocycles. The van der Waals surface area contributed by atoms with Gasteiger partial charge in [-0.05, 0) is 37.6 Å². The quantitative estimate of drug-likeness (QED) is 0.589. The molecule has 14 heteroatoms. The van der Waals surface area contributed by atoms with Gasteiger partial charge in [0.2, 0.25) is 0 Å². The monoisotopic (exact) mass is 517 g/mol. The van der Waals surface area contributed by atoms with E-state index in [1.807, 2.05) is 18.5 Å². The number of aromatic nitrogens is 1. The molecule has 3 heterocycles. The van der Waals surface area contributed by atoms with Gasteiger partial charge in [-0.1, -0.05) is 13.0 Å². The van der Waals surface area contributed by atoms with Crippen LogP contribution in [0.25, 0.3) is 0 Å². The Morgan fingerprint density at radius 1 is 1.06 bits per heavy atom. The molecule has 2 saturated heterocycles. The smallest absolute Gasteiger partial charge is 0.475 e. The molecule has 1 atom stereocenters. The van der Waals surface area contributed by atoms with E-state index in [9.17, 15) is 26.3 Å². The fourth-order valence-electron chi connectivity index (χ4n) is 3.79. The number of likely N-dealkylation sites (tertiary alicyclic amines) is 1. The van der Waals surface area contributed by atoms with Crippen LogP contribution in [0.2, 0.25) is 0 Å². The normalized spacial score (nSPS) is 21.7. The predicted octanol–water partition coefficient (Wildman–Crippen LogP) is 3.28. The van der Waals surface area contributed by atoms with Gasteiger partial charge in [-0.15, -0.1) is 0 Å². The summed E-state index contributed by atoms with van der Waals surface area (Å²) >= 11 is 0. The summed E-state index contributed by atoms with van der Waals surface area (Å²) in [5.41, 5.74) is 1.64. The number of carboxylic acid groups (broad SMARTS) is 2. The van der Waals surface area contributed by atoms with Gasteiger partial charge in [-0.2, -0.15) is 26.3 Å². The minimum Gasteiger partial charge on any atom is -0.475 e. The molecule has 2 fully saturated rings. The van der Waals surface area contributed by atoms with Gasteiger partial charge in [0.25, 0.3) is 0 Å². The Hall–Kier alpha value is -2.45. The molecule has 1 aromatic rings. The molecular formula is C21H29F6N3O5. The lowest BCUT2D eigenvalue weighted by Crippen LogP contribution is -2.50. The number of ether oxygens (including phenoxy) is 1. The first-order valence-electron chi connectivity index (χ1n) is 10.7. The predicted molar refractivity (Wildman–Crippen MR) is 111 cm³/mol. The third-order valence-corrected chi connectivity index (χ3v) is 5.32. The molecule has 1 spiro atoms. The van der Waals surface area contributed by atoms with E-state index in [1.54, 1.807) is 0 Å². The number of piperidine rings is 1. The van der Waals surface area contributed by atoms with E-state index in [1.165, 1.54) is 31.5 Å². The van der Waals surface area contributed by atoms with Crippen LogP contribution in [0.3, 0.4) is 0 Å². The Bertz CT molecular complexity index is 770. The van der Waals surface area contributed by atoms with E-state index in [-0.39, 0.29) is 0 Å². The van der Waals surface area contributed by atoms with E-state index in [0.717, 1.165) is 39.4 Å². The van der Waals surface area contributed by atoms with Crippen molar-refractivity contribution < 1.29 is 50.9 Å². The maximum Gasteiger partial charge on any atom is 0.490 e. The van der Waals surface area contributed by atoms with Crippen molar-refractivity contribution in [3.05, 3.63) is 30.1 Å². The van der Waals surface area contributed by atoms with Gasteiger partial charge in [0.15, 0.2) is 0 Å². The number of pyridine rings is 1. The summed E-state index contributed by atoms with van der Waals surface area (Å²) in [6, 6.07) is 4.21. The van der Waals surface area contributed by atoms with Crippen molar-refractivity contribution in [2.24, 2.45) is 5.41 Å². The Morgan fingerprint density at radius 3 is 2.11 bits per heavy atom. The van der Waals surface area contributed by atoms with Crippen molar-refractivity contribution >= 4 is 11.9 Å². The largest absolute Gasteiger partial charge is 0.490 e. The van der Waals surface area contributed by atoms with Gasteiger partial charge < -0.3 is 19.8 Å². The Kier molecular flexibility index (Phi) is 11.9. The van der Waals surface area contributed by atoms with Crippen molar-refractivity contribution in [1.82, 2.24) is 14.8 Å². The zero-order valence-corrected chi connectivity index (χ0v) is 19.1. The van der Waals surface area contributed by atoms with Crippen LogP contribution in [0, 0.1) is 5.41 Å². The second-order valence-corrected chi connectivity index (χ2v) is 8.20. The molecule has 1 unspecified atom stereocenters. The van der Waals surface area contributed by atoms with Gasteiger partial charge in [-0.25, -0.2) is 9.59 Å². The zero-order valence-electron chi connectivity index (χ0n) is 19.1. The van der Waals surface area contributed by atoms with Gasteiger partial charge in [-0.3, -0.25) is 9.88 Å². The van der Waals surface area contributed by atoms with Crippen molar-refractivity contribution in [3.8, 4) is 0 Å². The molecule has 0 amide bonds. The molecule has 35 heavy (non-hydrogen) atoms. The van der Waals surface area contributed by atoms with Gasteiger partial charge in [0.05, 0.1) is 13.2 Å². The first kappa shape index (κ1) is 30.6. The van der Waals surface area contributed by atoms with E-state index < -0.39 is 24.3 Å². The number of halogens is 6. The lowest BCUT2D eigenvalue weighted by Gasteiger charge is -2.43. The molecule has 2 aliphatic rings. The molecular weight excluding hydrogens is 488 g/mol. The van der Waals surface area contributed by atoms with Crippen LogP contribution in [0.1, 0.15) is 25.3 Å². The summed E-state index contributed by atoms with van der Waals surface area (Å²) in [6.07, 6.45) is -3.75. The van der Waals surface area contributed by atoms with Crippen LogP contribution < -0.4 is 0 Å². The Labute approximate surface area is 198 Å². The summed E-state index contributed by atoms with van der Waals surface area (Å²) in [5.74, 6) is -5.51. The lowest BCUT2D eigenvalue weighted by atomic mass is 9.80. The fraction of sp³-hybridized carbons (Fsp3) is 0.667. The molecule has 8 nitrogen and oxygen atoms in total. The molecule has 0 aliphatic carbocycles. The molecule has 2 N–H and O–H groups in total. The minimum absolute atomic E-state index is 0.326. The average molecular weight is 517 g/mol. The van der Waals surface area contributed by atoms with Crippen LogP contribution in [0.5, 0.6) is 0 Å². The molecule has 0 radical (unpaired) electrons. The summed E-state index contributed by atoms with van der Waals surface area (Å²) in [7, 11) is 0. The number of hydrogen-bond acceptors (Lipinski definition) is 6. The average Bonchev–Trinajstić information content (AvgIpc) is 2.96. The van der Waals surface area contributed by atoms with Crippen LogP contribution in [-0.4, -0.2) is 95.2 Å². The number of carbonyl (C=O) groups is 2. The fourth-order valence-corrected chi connectivity index (χ4v) is 3.79. The number of nitrogens with zero attached hydrogens (tertiary/aromatic N) is 3. The van der Waals surface area contributed by atoms with E-state index in [4.69, 9.17) is 24.5 Å². The molecule has 0 bridgehead atoms. The third-order valence-electron chi connectivity index (χ3n) is 5.32. The van der Waals surface area contributed by atoms with Crippen molar-refractivity contribution in [2.45, 2.75) is 38.7 Å². The van der Waals surface area contributed by atoms with Crippen molar-refractivity contribution in [2.75, 3.05) is 45.9 Å². The summed E-state index contributed by atoms with van der Waals surface area (Å²) in [6.45, 7) is 10.8. The number of likely N-dealkylation sites (N-methyl/N-ethyl adjacent to an activating group) is 1. The molecule has 3 rings (SSSR count). The highest BCUT2D eigenvalue weighted by molar-refractivity contribution is 5.73. The van der Waals surface area contributed by atoms with E-state index >= 15 is 0 Å². The van der Waals surface area contributed by atoms with Crippen molar-refractivity contribution in [1.29, 1.82) is 0 Å². The maximum atomic E-state index is 10.6. The number of hydrogen-bond donors (Lipinski definition) is 2. The first-order valence-corrected chi connectivity index (χ1v) is 10.7. The lowest BCUT2D eigenvalue weighted by molar-refractivity contribution is -0.193. The molecule has 2 aliphatic heterocycles. The van der Waals surface area contributed by atoms with Crippen LogP contribution in [0.15, 0.2) is 24.5 Å². The highest BCUT2D eigenvalue weighted by atomic mass is 19.4. The standard InChI is InChI=1S/C17H27N3O.2C2HF3O2/c1-2-19-9-10-21-15-17(13-19)6-4-8-20(14-17)12-16-5-3-7-18-11-16;2*3-2(4,5)1(6)7/h3,5,7,11H,2,4,6,8-10,12-15H2,1H3;2*(H,6,7). The second kappa shape index (κ2) is 13.6.